The summed E-state index contributed by atoms with van der Waals surface area (Å²) in [5, 5.41) is 23.2. The van der Waals surface area contributed by atoms with Gasteiger partial charge in [-0.1, -0.05) is 30.3 Å². The molecule has 130 valence electrons. The van der Waals surface area contributed by atoms with Gasteiger partial charge in [0.15, 0.2) is 5.75 Å². The first-order valence-corrected chi connectivity index (χ1v) is 7.98. The molecule has 7 nitrogen and oxygen atoms in total. The van der Waals surface area contributed by atoms with E-state index in [0.29, 0.717) is 13.2 Å². The van der Waals surface area contributed by atoms with Crippen LogP contribution in [0.15, 0.2) is 48.5 Å². The fourth-order valence-electron chi connectivity index (χ4n) is 3.00. The Hall–Kier alpha value is -2.93. The molecule has 1 saturated heterocycles. The number of aromatic hydroxyl groups is 1. The van der Waals surface area contributed by atoms with E-state index in [2.05, 4.69) is 5.32 Å². The van der Waals surface area contributed by atoms with Crippen LogP contribution < -0.4 is 5.32 Å². The van der Waals surface area contributed by atoms with Crippen molar-refractivity contribution in [2.24, 2.45) is 5.92 Å². The second kappa shape index (κ2) is 7.31. The van der Waals surface area contributed by atoms with Crippen molar-refractivity contribution in [3.8, 4) is 5.75 Å². The minimum absolute atomic E-state index is 0.0632. The van der Waals surface area contributed by atoms with Gasteiger partial charge >= 0.3 is 5.69 Å². The number of rotatable bonds is 5. The van der Waals surface area contributed by atoms with Crippen LogP contribution in [-0.4, -0.2) is 29.1 Å². The van der Waals surface area contributed by atoms with Gasteiger partial charge in [-0.05, 0) is 24.1 Å². The number of hydrogen-bond donors (Lipinski definition) is 2. The summed E-state index contributed by atoms with van der Waals surface area (Å²) in [4.78, 5) is 22.3. The van der Waals surface area contributed by atoms with E-state index in [9.17, 15) is 20.0 Å². The van der Waals surface area contributed by atoms with Gasteiger partial charge in [-0.15, -0.1) is 0 Å². The molecule has 0 aromatic heterocycles. The number of benzene rings is 2. The predicted molar refractivity (Wildman–Crippen MR) is 90.3 cm³/mol. The van der Waals surface area contributed by atoms with E-state index >= 15 is 0 Å². The molecule has 0 unspecified atom stereocenters. The van der Waals surface area contributed by atoms with Crippen molar-refractivity contribution in [2.75, 3.05) is 13.2 Å². The van der Waals surface area contributed by atoms with Crippen LogP contribution >= 0.6 is 0 Å². The van der Waals surface area contributed by atoms with Gasteiger partial charge < -0.3 is 15.2 Å². The number of nitro benzene ring substituents is 1. The van der Waals surface area contributed by atoms with Crippen molar-refractivity contribution < 1.29 is 19.6 Å². The standard InChI is InChI=1S/C18H18N2O5/c21-16-10-13(6-7-15(16)20(23)24)18(22)19-11-14-8-9-25-17(14)12-4-2-1-3-5-12/h1-7,10,14,17,21H,8-9,11H2,(H,19,22)/t14-,17-/m0/s1. The van der Waals surface area contributed by atoms with E-state index in [-0.39, 0.29) is 23.5 Å². The van der Waals surface area contributed by atoms with Crippen molar-refractivity contribution in [1.29, 1.82) is 0 Å². The fraction of sp³-hybridized carbons (Fsp3) is 0.278. The Morgan fingerprint density at radius 3 is 2.72 bits per heavy atom. The Morgan fingerprint density at radius 2 is 2.04 bits per heavy atom. The molecule has 2 aromatic carbocycles. The largest absolute Gasteiger partial charge is 0.502 e. The molecular formula is C18H18N2O5. The molecule has 0 spiro atoms. The number of ether oxygens (including phenoxy) is 1. The Balaban J connectivity index is 1.64. The maximum absolute atomic E-state index is 12.2. The van der Waals surface area contributed by atoms with Crippen molar-refractivity contribution in [3.63, 3.8) is 0 Å². The third-order valence-electron chi connectivity index (χ3n) is 4.30. The van der Waals surface area contributed by atoms with Gasteiger partial charge in [0, 0.05) is 30.7 Å². The zero-order chi connectivity index (χ0) is 17.8. The first kappa shape index (κ1) is 16.9. The average molecular weight is 342 g/mol. The highest BCUT2D eigenvalue weighted by atomic mass is 16.6. The Labute approximate surface area is 144 Å². The molecule has 0 saturated carbocycles. The monoisotopic (exact) mass is 342 g/mol. The van der Waals surface area contributed by atoms with Crippen LogP contribution in [0, 0.1) is 16.0 Å². The molecule has 0 radical (unpaired) electrons. The summed E-state index contributed by atoms with van der Waals surface area (Å²) < 4.78 is 5.78. The molecule has 1 heterocycles. The number of phenols is 1. The zero-order valence-corrected chi connectivity index (χ0v) is 13.4. The van der Waals surface area contributed by atoms with Crippen LogP contribution in [0.3, 0.4) is 0 Å². The Morgan fingerprint density at radius 1 is 1.28 bits per heavy atom. The lowest BCUT2D eigenvalue weighted by Gasteiger charge is -2.19. The number of phenolic OH excluding ortho intramolecular Hbond substituents is 1. The minimum Gasteiger partial charge on any atom is -0.502 e. The van der Waals surface area contributed by atoms with E-state index in [1.54, 1.807) is 0 Å². The van der Waals surface area contributed by atoms with Gasteiger partial charge in [0.2, 0.25) is 0 Å². The van der Waals surface area contributed by atoms with Crippen LogP contribution in [-0.2, 0) is 4.74 Å². The number of nitro groups is 1. The molecular weight excluding hydrogens is 324 g/mol. The van der Waals surface area contributed by atoms with Gasteiger partial charge in [0.05, 0.1) is 11.0 Å². The van der Waals surface area contributed by atoms with E-state index < -0.39 is 16.4 Å². The molecule has 0 aliphatic carbocycles. The van der Waals surface area contributed by atoms with Crippen molar-refractivity contribution in [3.05, 3.63) is 69.8 Å². The van der Waals surface area contributed by atoms with Crippen LogP contribution in [0.1, 0.15) is 28.4 Å². The van der Waals surface area contributed by atoms with Crippen molar-refractivity contribution in [1.82, 2.24) is 5.32 Å². The van der Waals surface area contributed by atoms with Gasteiger partial charge in [-0.25, -0.2) is 0 Å². The van der Waals surface area contributed by atoms with Crippen molar-refractivity contribution >= 4 is 11.6 Å². The molecule has 1 aliphatic heterocycles. The maximum atomic E-state index is 12.2. The summed E-state index contributed by atoms with van der Waals surface area (Å²) in [7, 11) is 0. The molecule has 25 heavy (non-hydrogen) atoms. The Kier molecular flexibility index (Phi) is 4.95. The number of nitrogens with zero attached hydrogens (tertiary/aromatic N) is 1. The minimum atomic E-state index is -0.697. The lowest BCUT2D eigenvalue weighted by molar-refractivity contribution is -0.385. The number of carbonyl (C=O) groups excluding carboxylic acids is 1. The quantitative estimate of drug-likeness (QED) is 0.642. The maximum Gasteiger partial charge on any atom is 0.310 e. The second-order valence-electron chi connectivity index (χ2n) is 5.92. The van der Waals surface area contributed by atoms with Crippen LogP contribution in [0.5, 0.6) is 5.75 Å². The average Bonchev–Trinajstić information content (AvgIpc) is 3.08. The summed E-state index contributed by atoms with van der Waals surface area (Å²) in [6.45, 7) is 1.06. The summed E-state index contributed by atoms with van der Waals surface area (Å²) >= 11 is 0. The van der Waals surface area contributed by atoms with Crippen LogP contribution in [0.4, 0.5) is 5.69 Å². The number of hydrogen-bond acceptors (Lipinski definition) is 5. The summed E-state index contributed by atoms with van der Waals surface area (Å²) in [5.74, 6) is -0.758. The predicted octanol–water partition coefficient (Wildman–Crippen LogP) is 2.81. The SMILES string of the molecule is O=C(NC[C@@H]1CCO[C@H]1c1ccccc1)c1ccc([N+](=O)[O-])c(O)c1. The normalized spacial score (nSPS) is 19.5. The first-order valence-electron chi connectivity index (χ1n) is 7.98. The number of nitrogens with one attached hydrogen (secondary N) is 1. The second-order valence-corrected chi connectivity index (χ2v) is 5.92. The molecule has 0 bridgehead atoms. The topological polar surface area (TPSA) is 102 Å². The summed E-state index contributed by atoms with van der Waals surface area (Å²) in [6.07, 6.45) is 0.775. The summed E-state index contributed by atoms with van der Waals surface area (Å²) in [5.41, 5.74) is 0.829. The molecule has 2 atom stereocenters. The lowest BCUT2D eigenvalue weighted by atomic mass is 9.95. The molecule has 3 rings (SSSR count). The first-order chi connectivity index (χ1) is 12.1. The van der Waals surface area contributed by atoms with E-state index in [4.69, 9.17) is 4.74 Å². The zero-order valence-electron chi connectivity index (χ0n) is 13.4. The smallest absolute Gasteiger partial charge is 0.310 e. The van der Waals surface area contributed by atoms with E-state index in [1.807, 2.05) is 30.3 Å². The molecule has 7 heteroatoms. The van der Waals surface area contributed by atoms with Crippen molar-refractivity contribution in [2.45, 2.75) is 12.5 Å². The van der Waals surface area contributed by atoms with Gasteiger partial charge in [-0.3, -0.25) is 14.9 Å². The Bertz CT molecular complexity index is 778. The van der Waals surface area contributed by atoms with E-state index in [1.165, 1.54) is 6.07 Å². The highest BCUT2D eigenvalue weighted by molar-refractivity contribution is 5.95. The lowest BCUT2D eigenvalue weighted by Crippen LogP contribution is -2.30. The van der Waals surface area contributed by atoms with Gasteiger partial charge in [0.25, 0.3) is 5.91 Å². The molecule has 1 amide bonds. The molecule has 1 aliphatic rings. The summed E-state index contributed by atoms with van der Waals surface area (Å²) in [6, 6.07) is 13.4. The van der Waals surface area contributed by atoms with Gasteiger partial charge in [-0.2, -0.15) is 0 Å². The molecule has 2 N–H and O–H groups in total. The van der Waals surface area contributed by atoms with Gasteiger partial charge in [0.1, 0.15) is 0 Å². The number of carbonyl (C=O) groups is 1. The van der Waals surface area contributed by atoms with Crippen LogP contribution in [0.25, 0.3) is 0 Å². The van der Waals surface area contributed by atoms with E-state index in [0.717, 1.165) is 24.1 Å². The number of amides is 1. The fourth-order valence-corrected chi connectivity index (χ4v) is 3.00. The molecule has 2 aromatic rings. The third-order valence-corrected chi connectivity index (χ3v) is 4.30. The van der Waals surface area contributed by atoms with Crippen LogP contribution in [0.2, 0.25) is 0 Å². The highest BCUT2D eigenvalue weighted by Gasteiger charge is 2.30. The third kappa shape index (κ3) is 3.77. The molecule has 1 fully saturated rings. The highest BCUT2D eigenvalue weighted by Crippen LogP contribution is 2.34.